The summed E-state index contributed by atoms with van der Waals surface area (Å²) in [5.41, 5.74) is 2.63. The maximum atomic E-state index is 2.33. The fourth-order valence-corrected chi connectivity index (χ4v) is 1.85. The van der Waals surface area contributed by atoms with E-state index in [2.05, 4.69) is 64.4 Å². The number of hydrogen-bond donors (Lipinski definition) is 0. The summed E-state index contributed by atoms with van der Waals surface area (Å²) in [6.45, 7) is 2.13. The minimum absolute atomic E-state index is 1.26. The monoisotopic (exact) mass is 257 g/mol. The molecular formula is C9H8IN. The summed E-state index contributed by atoms with van der Waals surface area (Å²) in [7, 11) is 0. The van der Waals surface area contributed by atoms with E-state index in [1.54, 1.807) is 0 Å². The number of hydrogen-bond acceptors (Lipinski definition) is 0. The highest BCUT2D eigenvalue weighted by Gasteiger charge is 1.97. The lowest BCUT2D eigenvalue weighted by molar-refractivity contribution is 1.13. The van der Waals surface area contributed by atoms with Crippen LogP contribution in [0.3, 0.4) is 0 Å². The van der Waals surface area contributed by atoms with Gasteiger partial charge in [0, 0.05) is 11.7 Å². The molecule has 0 fully saturated rings. The first kappa shape index (κ1) is 7.16. The molecule has 0 aliphatic rings. The highest BCUT2D eigenvalue weighted by Crippen LogP contribution is 2.14. The lowest BCUT2D eigenvalue weighted by Gasteiger charge is -2.00. The van der Waals surface area contributed by atoms with Gasteiger partial charge in [-0.1, -0.05) is 6.07 Å². The van der Waals surface area contributed by atoms with E-state index in [4.69, 9.17) is 0 Å². The Labute approximate surface area is 79.2 Å². The van der Waals surface area contributed by atoms with Crippen molar-refractivity contribution in [2.24, 2.45) is 0 Å². The SMILES string of the molecule is Cc1ccc(I)n2cccc12. The minimum Gasteiger partial charge on any atom is -0.312 e. The zero-order valence-electron chi connectivity index (χ0n) is 6.21. The maximum absolute atomic E-state index is 2.33. The highest BCUT2D eigenvalue weighted by atomic mass is 127. The third-order valence-corrected chi connectivity index (χ3v) is 2.73. The molecule has 2 rings (SSSR count). The van der Waals surface area contributed by atoms with Crippen LogP contribution in [0.25, 0.3) is 5.52 Å². The van der Waals surface area contributed by atoms with Crippen LogP contribution in [0.4, 0.5) is 0 Å². The van der Waals surface area contributed by atoms with Gasteiger partial charge in [-0.15, -0.1) is 0 Å². The normalized spacial score (nSPS) is 10.7. The van der Waals surface area contributed by atoms with E-state index in [-0.39, 0.29) is 0 Å². The van der Waals surface area contributed by atoms with Crippen LogP contribution in [0.5, 0.6) is 0 Å². The molecule has 2 heteroatoms. The van der Waals surface area contributed by atoms with Gasteiger partial charge in [0.05, 0.1) is 3.70 Å². The molecule has 0 bridgehead atoms. The number of nitrogens with zero attached hydrogens (tertiary/aromatic N) is 1. The quantitative estimate of drug-likeness (QED) is 0.505. The maximum Gasteiger partial charge on any atom is 0.0843 e. The third-order valence-electron chi connectivity index (χ3n) is 1.85. The minimum atomic E-state index is 1.26. The van der Waals surface area contributed by atoms with E-state index in [0.29, 0.717) is 0 Å². The molecule has 0 unspecified atom stereocenters. The molecule has 0 amide bonds. The molecule has 56 valence electrons. The Balaban J connectivity index is 2.96. The van der Waals surface area contributed by atoms with E-state index >= 15 is 0 Å². The first-order chi connectivity index (χ1) is 5.29. The Morgan fingerprint density at radius 3 is 2.82 bits per heavy atom. The molecule has 2 aromatic rings. The average Bonchev–Trinajstić information content (AvgIpc) is 2.45. The first-order valence-electron chi connectivity index (χ1n) is 3.51. The van der Waals surface area contributed by atoms with Gasteiger partial charge in [-0.05, 0) is 53.3 Å². The Kier molecular flexibility index (Phi) is 1.64. The van der Waals surface area contributed by atoms with Crippen molar-refractivity contribution < 1.29 is 0 Å². The second-order valence-corrected chi connectivity index (χ2v) is 3.71. The molecule has 2 heterocycles. The summed E-state index contributed by atoms with van der Waals surface area (Å²) in [6, 6.07) is 8.49. The Morgan fingerprint density at radius 1 is 1.27 bits per heavy atom. The summed E-state index contributed by atoms with van der Waals surface area (Å²) in [5, 5.41) is 0. The van der Waals surface area contributed by atoms with Crippen LogP contribution in [0.2, 0.25) is 0 Å². The van der Waals surface area contributed by atoms with Crippen molar-refractivity contribution in [3.05, 3.63) is 39.7 Å². The van der Waals surface area contributed by atoms with E-state index in [9.17, 15) is 0 Å². The Hall–Kier alpha value is -0.510. The summed E-state index contributed by atoms with van der Waals surface area (Å²) < 4.78 is 3.45. The van der Waals surface area contributed by atoms with Crippen molar-refractivity contribution in [3.63, 3.8) is 0 Å². The molecule has 0 saturated carbocycles. The van der Waals surface area contributed by atoms with Crippen LogP contribution >= 0.6 is 22.6 Å². The van der Waals surface area contributed by atoms with Crippen molar-refractivity contribution in [2.45, 2.75) is 6.92 Å². The van der Waals surface area contributed by atoms with E-state index in [0.717, 1.165) is 0 Å². The van der Waals surface area contributed by atoms with Crippen LogP contribution in [0.1, 0.15) is 5.56 Å². The predicted molar refractivity (Wildman–Crippen MR) is 54.9 cm³/mol. The lowest BCUT2D eigenvalue weighted by Crippen LogP contribution is -1.89. The summed E-state index contributed by atoms with van der Waals surface area (Å²) in [5.74, 6) is 0. The molecule has 0 atom stereocenters. The van der Waals surface area contributed by atoms with Crippen LogP contribution in [0, 0.1) is 10.6 Å². The molecule has 0 spiro atoms. The second kappa shape index (κ2) is 2.52. The van der Waals surface area contributed by atoms with Crippen LogP contribution in [0.15, 0.2) is 30.5 Å². The Morgan fingerprint density at radius 2 is 2.09 bits per heavy atom. The molecule has 0 aromatic carbocycles. The number of aromatic nitrogens is 1. The first-order valence-corrected chi connectivity index (χ1v) is 4.59. The zero-order valence-corrected chi connectivity index (χ0v) is 8.37. The largest absolute Gasteiger partial charge is 0.312 e. The average molecular weight is 257 g/mol. The number of fused-ring (bicyclic) bond motifs is 1. The number of pyridine rings is 1. The van der Waals surface area contributed by atoms with Gasteiger partial charge in [0.25, 0.3) is 0 Å². The molecule has 0 aliphatic carbocycles. The van der Waals surface area contributed by atoms with Crippen molar-refractivity contribution in [2.75, 3.05) is 0 Å². The van der Waals surface area contributed by atoms with Gasteiger partial charge in [-0.3, -0.25) is 0 Å². The van der Waals surface area contributed by atoms with Crippen molar-refractivity contribution in [1.82, 2.24) is 4.40 Å². The number of halogens is 1. The molecule has 0 aliphatic heterocycles. The van der Waals surface area contributed by atoms with Crippen LogP contribution in [-0.4, -0.2) is 4.40 Å². The van der Waals surface area contributed by atoms with Crippen molar-refractivity contribution in [3.8, 4) is 0 Å². The molecule has 11 heavy (non-hydrogen) atoms. The number of aryl methyl sites for hydroxylation is 1. The van der Waals surface area contributed by atoms with Crippen LogP contribution < -0.4 is 0 Å². The zero-order chi connectivity index (χ0) is 7.84. The lowest BCUT2D eigenvalue weighted by atomic mass is 10.2. The van der Waals surface area contributed by atoms with Gasteiger partial charge in [-0.25, -0.2) is 0 Å². The van der Waals surface area contributed by atoms with E-state index < -0.39 is 0 Å². The molecule has 0 saturated heterocycles. The molecular weight excluding hydrogens is 249 g/mol. The fraction of sp³-hybridized carbons (Fsp3) is 0.111. The summed E-state index contributed by atoms with van der Waals surface area (Å²) in [6.07, 6.45) is 2.09. The van der Waals surface area contributed by atoms with Gasteiger partial charge in [0.15, 0.2) is 0 Å². The highest BCUT2D eigenvalue weighted by molar-refractivity contribution is 14.1. The molecule has 0 radical (unpaired) electrons. The van der Waals surface area contributed by atoms with E-state index in [1.807, 2.05) is 0 Å². The molecule has 0 N–H and O–H groups in total. The van der Waals surface area contributed by atoms with Gasteiger partial charge >= 0.3 is 0 Å². The third kappa shape index (κ3) is 1.05. The van der Waals surface area contributed by atoms with Crippen molar-refractivity contribution >= 4 is 28.1 Å². The summed E-state index contributed by atoms with van der Waals surface area (Å²) >= 11 is 2.33. The van der Waals surface area contributed by atoms with Crippen LogP contribution in [-0.2, 0) is 0 Å². The topological polar surface area (TPSA) is 4.41 Å². The smallest absolute Gasteiger partial charge is 0.0843 e. The second-order valence-electron chi connectivity index (χ2n) is 2.60. The van der Waals surface area contributed by atoms with Gasteiger partial charge in [-0.2, -0.15) is 0 Å². The number of rotatable bonds is 0. The standard InChI is InChI=1S/C9H8IN/c1-7-4-5-9(10)11-6-2-3-8(7)11/h2-6H,1H3. The fourth-order valence-electron chi connectivity index (χ4n) is 1.25. The summed E-state index contributed by atoms with van der Waals surface area (Å²) in [4.78, 5) is 0. The van der Waals surface area contributed by atoms with Crippen molar-refractivity contribution in [1.29, 1.82) is 0 Å². The Bertz CT molecular complexity index is 353. The van der Waals surface area contributed by atoms with Gasteiger partial charge < -0.3 is 4.40 Å². The predicted octanol–water partition coefficient (Wildman–Crippen LogP) is 2.85. The van der Waals surface area contributed by atoms with Gasteiger partial charge in [0.1, 0.15) is 0 Å². The molecule has 1 nitrogen and oxygen atoms in total. The van der Waals surface area contributed by atoms with Gasteiger partial charge in [0.2, 0.25) is 0 Å². The van der Waals surface area contributed by atoms with E-state index in [1.165, 1.54) is 14.8 Å². The molecule has 2 aromatic heterocycles.